The van der Waals surface area contributed by atoms with E-state index < -0.39 is 0 Å². The van der Waals surface area contributed by atoms with Crippen LogP contribution >= 0.6 is 33.3 Å². The van der Waals surface area contributed by atoms with Crippen LogP contribution in [0.4, 0.5) is 0 Å². The summed E-state index contributed by atoms with van der Waals surface area (Å²) in [6.45, 7) is 0. The van der Waals surface area contributed by atoms with Crippen molar-refractivity contribution in [2.75, 3.05) is 0 Å². The molecule has 0 saturated carbocycles. The van der Waals surface area contributed by atoms with Crippen molar-refractivity contribution in [1.82, 2.24) is 0 Å². The Morgan fingerprint density at radius 3 is 2.73 bits per heavy atom. The Balaban J connectivity index is 2.96. The summed E-state index contributed by atoms with van der Waals surface area (Å²) in [4.78, 5) is 10.9. The summed E-state index contributed by atoms with van der Waals surface area (Å²) < 4.78 is 0. The Hall–Kier alpha value is -0.180. The lowest BCUT2D eigenvalue weighted by Crippen LogP contribution is -1.88. The normalized spacial score (nSPS) is 9.64. The highest BCUT2D eigenvalue weighted by Gasteiger charge is 2.03. The van der Waals surface area contributed by atoms with Crippen LogP contribution in [0.25, 0.3) is 0 Å². The molecule has 4 heteroatoms. The quantitative estimate of drug-likeness (QED) is 0.702. The number of hydrogen-bond donors (Lipinski definition) is 0. The summed E-state index contributed by atoms with van der Waals surface area (Å²) in [7, 11) is 5.92. The van der Waals surface area contributed by atoms with Crippen LogP contribution in [0.3, 0.4) is 0 Å². The van der Waals surface area contributed by atoms with Crippen molar-refractivity contribution < 1.29 is 4.79 Å². The maximum atomic E-state index is 10.9. The monoisotopic (exact) mass is 206 g/mol. The van der Waals surface area contributed by atoms with Crippen LogP contribution in [-0.4, -0.2) is 5.12 Å². The second kappa shape index (κ2) is 4.00. The fourth-order valence-electron chi connectivity index (χ4n) is 0.660. The van der Waals surface area contributed by atoms with Crippen molar-refractivity contribution in [3.8, 4) is 0 Å². The van der Waals surface area contributed by atoms with Crippen LogP contribution < -0.4 is 0 Å². The van der Waals surface area contributed by atoms with E-state index in [1.807, 2.05) is 0 Å². The maximum Gasteiger partial charge on any atom is 0.234 e. The molecule has 0 atom stereocenters. The zero-order valence-electron chi connectivity index (χ0n) is 5.38. The molecule has 0 heterocycles. The van der Waals surface area contributed by atoms with Gasteiger partial charge in [-0.2, -0.15) is 0 Å². The molecule has 1 aromatic rings. The van der Waals surface area contributed by atoms with Crippen molar-refractivity contribution in [2.24, 2.45) is 0 Å². The summed E-state index contributed by atoms with van der Waals surface area (Å²) in [6, 6.07) is 6.67. The average molecular weight is 207 g/mol. The second-order valence-corrected chi connectivity index (χ2v) is 3.30. The fraction of sp³-hybridized carbons (Fsp3) is 0. The zero-order valence-corrected chi connectivity index (χ0v) is 7.71. The molecule has 58 valence electrons. The number of halogens is 2. The minimum Gasteiger partial charge on any atom is -0.280 e. The maximum absolute atomic E-state index is 10.9. The van der Waals surface area contributed by atoms with E-state index in [9.17, 15) is 4.79 Å². The van der Waals surface area contributed by atoms with Gasteiger partial charge in [-0.15, -0.1) is 0 Å². The number of benzene rings is 1. The highest BCUT2D eigenvalue weighted by Crippen LogP contribution is 2.18. The molecule has 11 heavy (non-hydrogen) atoms. The van der Waals surface area contributed by atoms with E-state index in [4.69, 9.17) is 22.3 Å². The third-order valence-corrected chi connectivity index (χ3v) is 2.16. The fourth-order valence-corrected chi connectivity index (χ4v) is 1.33. The summed E-state index contributed by atoms with van der Waals surface area (Å²) in [5.74, 6) is 0. The van der Waals surface area contributed by atoms with Crippen molar-refractivity contribution in [1.29, 1.82) is 0 Å². The highest BCUT2D eigenvalue weighted by molar-refractivity contribution is 8.33. The first-order valence-electron chi connectivity index (χ1n) is 2.82. The average Bonchev–Trinajstić information content (AvgIpc) is 2.03. The lowest BCUT2D eigenvalue weighted by atomic mass is 10.2. The number of carbonyl (C=O) groups is 1. The molecular formula is C7H4Cl2OS. The van der Waals surface area contributed by atoms with E-state index in [0.717, 1.165) is 0 Å². The summed E-state index contributed by atoms with van der Waals surface area (Å²) in [5, 5.41) is 0.357. The molecule has 0 N–H and O–H groups in total. The highest BCUT2D eigenvalue weighted by atomic mass is 35.7. The number of rotatable bonds is 1. The smallest absolute Gasteiger partial charge is 0.234 e. The molecule has 0 aliphatic rings. The molecule has 0 aliphatic carbocycles. The van der Waals surface area contributed by atoms with Gasteiger partial charge in [-0.25, -0.2) is 0 Å². The van der Waals surface area contributed by atoms with Crippen molar-refractivity contribution in [3.63, 3.8) is 0 Å². The third-order valence-electron chi connectivity index (χ3n) is 1.13. The van der Waals surface area contributed by atoms with Gasteiger partial charge in [-0.05, 0) is 22.8 Å². The van der Waals surface area contributed by atoms with Crippen LogP contribution in [0, 0.1) is 0 Å². The van der Waals surface area contributed by atoms with Crippen LogP contribution in [0.1, 0.15) is 10.4 Å². The van der Waals surface area contributed by atoms with Gasteiger partial charge in [0.1, 0.15) is 0 Å². The van der Waals surface area contributed by atoms with E-state index in [0.29, 0.717) is 21.6 Å². The molecule has 0 aromatic heterocycles. The van der Waals surface area contributed by atoms with Crippen molar-refractivity contribution >= 4 is 38.4 Å². The number of hydrogen-bond acceptors (Lipinski definition) is 2. The largest absolute Gasteiger partial charge is 0.280 e. The summed E-state index contributed by atoms with van der Waals surface area (Å²) in [5.41, 5.74) is 0.525. The minimum atomic E-state index is -0.186. The van der Waals surface area contributed by atoms with E-state index >= 15 is 0 Å². The zero-order chi connectivity index (χ0) is 8.27. The van der Waals surface area contributed by atoms with E-state index in [-0.39, 0.29) is 5.12 Å². The molecule has 1 aromatic carbocycles. The van der Waals surface area contributed by atoms with Gasteiger partial charge in [-0.3, -0.25) is 4.79 Å². The summed E-state index contributed by atoms with van der Waals surface area (Å²) in [6.07, 6.45) is 0. The van der Waals surface area contributed by atoms with Crippen LogP contribution in [0.2, 0.25) is 5.02 Å². The molecule has 0 aliphatic heterocycles. The van der Waals surface area contributed by atoms with E-state index in [1.165, 1.54) is 0 Å². The van der Waals surface area contributed by atoms with Gasteiger partial charge < -0.3 is 0 Å². The molecule has 0 unspecified atom stereocenters. The Morgan fingerprint density at radius 1 is 1.45 bits per heavy atom. The first kappa shape index (κ1) is 8.91. The molecule has 0 radical (unpaired) electrons. The number of carbonyl (C=O) groups excluding carboxylic acids is 1. The lowest BCUT2D eigenvalue weighted by molar-refractivity contribution is 0.109. The molecule has 0 bridgehead atoms. The Labute approximate surface area is 78.2 Å². The molecule has 0 fully saturated rings. The first-order chi connectivity index (χ1) is 5.24. The van der Waals surface area contributed by atoms with Gasteiger partial charge in [0, 0.05) is 21.6 Å². The van der Waals surface area contributed by atoms with Crippen LogP contribution in [0.15, 0.2) is 24.3 Å². The second-order valence-electron chi connectivity index (χ2n) is 1.87. The molecule has 1 nitrogen and oxygen atoms in total. The van der Waals surface area contributed by atoms with Gasteiger partial charge in [0.15, 0.2) is 0 Å². The van der Waals surface area contributed by atoms with Gasteiger partial charge in [0.25, 0.3) is 0 Å². The van der Waals surface area contributed by atoms with E-state index in [1.54, 1.807) is 24.3 Å². The van der Waals surface area contributed by atoms with Crippen molar-refractivity contribution in [3.05, 3.63) is 34.9 Å². The minimum absolute atomic E-state index is 0.186. The Kier molecular flexibility index (Phi) is 3.24. The molecular weight excluding hydrogens is 203 g/mol. The van der Waals surface area contributed by atoms with Gasteiger partial charge in [0.05, 0.1) is 0 Å². The molecule has 0 saturated heterocycles. The molecule has 0 amide bonds. The predicted octanol–water partition coefficient (Wildman–Crippen LogP) is 3.37. The van der Waals surface area contributed by atoms with Crippen molar-refractivity contribution in [2.45, 2.75) is 0 Å². The first-order valence-corrected chi connectivity index (χ1v) is 4.84. The van der Waals surface area contributed by atoms with E-state index in [2.05, 4.69) is 0 Å². The molecule has 0 spiro atoms. The van der Waals surface area contributed by atoms with Crippen LogP contribution in [-0.2, 0) is 0 Å². The third kappa shape index (κ3) is 2.40. The van der Waals surface area contributed by atoms with Gasteiger partial charge in [-0.1, -0.05) is 23.7 Å². The standard InChI is InChI=1S/C7H4Cl2OS/c8-6-3-1-2-5(4-6)7(10)11-9/h1-4H. The SMILES string of the molecule is O=C(SCl)c1cccc(Cl)c1. The van der Waals surface area contributed by atoms with Gasteiger partial charge in [0.2, 0.25) is 5.12 Å². The Morgan fingerprint density at radius 2 is 2.18 bits per heavy atom. The summed E-state index contributed by atoms with van der Waals surface area (Å²) >= 11 is 5.64. The molecule has 1 rings (SSSR count). The lowest BCUT2D eigenvalue weighted by Gasteiger charge is -1.94. The Bertz CT molecular complexity index is 275. The van der Waals surface area contributed by atoms with Gasteiger partial charge >= 0.3 is 0 Å². The van der Waals surface area contributed by atoms with Crippen LogP contribution in [0.5, 0.6) is 0 Å². The predicted molar refractivity (Wildman–Crippen MR) is 49.2 cm³/mol. The topological polar surface area (TPSA) is 17.1 Å².